The number of rotatable bonds is 4. The predicted molar refractivity (Wildman–Crippen MR) is 92.7 cm³/mol. The molecule has 1 N–H and O–H groups in total. The van der Waals surface area contributed by atoms with Crippen LogP contribution in [-0.2, 0) is 6.42 Å². The van der Waals surface area contributed by atoms with Crippen molar-refractivity contribution in [3.63, 3.8) is 0 Å². The van der Waals surface area contributed by atoms with Crippen molar-refractivity contribution in [1.29, 1.82) is 0 Å². The number of H-pyrrole nitrogens is 1. The molecule has 4 aromatic rings. The number of aryl methyl sites for hydroxylation is 1. The van der Waals surface area contributed by atoms with Crippen molar-refractivity contribution in [2.75, 3.05) is 5.75 Å². The highest BCUT2D eigenvalue weighted by Gasteiger charge is 2.12. The summed E-state index contributed by atoms with van der Waals surface area (Å²) in [5.41, 5.74) is 2.83. The van der Waals surface area contributed by atoms with Crippen LogP contribution in [0.3, 0.4) is 0 Å². The number of aromatic nitrogens is 4. The van der Waals surface area contributed by atoms with Gasteiger partial charge in [0.2, 0.25) is 0 Å². The lowest BCUT2D eigenvalue weighted by Gasteiger charge is -1.99. The van der Waals surface area contributed by atoms with Crippen molar-refractivity contribution in [2.24, 2.45) is 0 Å². The number of aromatic amines is 1. The van der Waals surface area contributed by atoms with Gasteiger partial charge < -0.3 is 9.51 Å². The average molecular weight is 324 g/mol. The van der Waals surface area contributed by atoms with Gasteiger partial charge in [-0.15, -0.1) is 11.8 Å². The Labute approximate surface area is 137 Å². The van der Waals surface area contributed by atoms with Gasteiger partial charge in [-0.2, -0.15) is 4.98 Å². The average Bonchev–Trinajstić information content (AvgIpc) is 3.18. The summed E-state index contributed by atoms with van der Waals surface area (Å²) in [6.45, 7) is 4.16. The van der Waals surface area contributed by atoms with E-state index >= 15 is 0 Å². The van der Waals surface area contributed by atoms with Crippen molar-refractivity contribution in [3.8, 4) is 11.6 Å². The number of benzene rings is 1. The first kappa shape index (κ1) is 14.3. The maximum absolute atomic E-state index is 5.30. The van der Waals surface area contributed by atoms with Crippen LogP contribution < -0.4 is 0 Å². The third-order valence-corrected chi connectivity index (χ3v) is 4.64. The molecule has 0 aliphatic rings. The fourth-order valence-electron chi connectivity index (χ4n) is 2.65. The van der Waals surface area contributed by atoms with E-state index in [-0.39, 0.29) is 0 Å². The first-order chi connectivity index (χ1) is 11.3. The summed E-state index contributed by atoms with van der Waals surface area (Å²) in [7, 11) is 0. The van der Waals surface area contributed by atoms with Gasteiger partial charge in [0.15, 0.2) is 5.82 Å². The fourth-order valence-corrected chi connectivity index (χ4v) is 3.35. The second-order valence-corrected chi connectivity index (χ2v) is 6.59. The Morgan fingerprint density at radius 1 is 1.13 bits per heavy atom. The van der Waals surface area contributed by atoms with Crippen molar-refractivity contribution in [3.05, 3.63) is 36.3 Å². The molecule has 0 bridgehead atoms. The Hall–Kier alpha value is -2.34. The molecule has 3 aromatic heterocycles. The summed E-state index contributed by atoms with van der Waals surface area (Å²) in [6.07, 6.45) is 2.57. The second kappa shape index (κ2) is 5.70. The molecule has 0 aliphatic heterocycles. The highest BCUT2D eigenvalue weighted by atomic mass is 32.2. The zero-order chi connectivity index (χ0) is 15.8. The Bertz CT molecular complexity index is 989. The van der Waals surface area contributed by atoms with E-state index in [1.54, 1.807) is 0 Å². The number of nitrogens with one attached hydrogen (secondary N) is 1. The molecule has 0 spiro atoms. The normalized spacial score (nSPS) is 11.6. The molecule has 5 nitrogen and oxygen atoms in total. The molecule has 0 radical (unpaired) electrons. The predicted octanol–water partition coefficient (Wildman–Crippen LogP) is 4.44. The minimum absolute atomic E-state index is 0.470. The summed E-state index contributed by atoms with van der Waals surface area (Å²) < 4.78 is 5.30. The molecule has 0 unspecified atom stereocenters. The van der Waals surface area contributed by atoms with Gasteiger partial charge in [0.05, 0.1) is 11.7 Å². The zero-order valence-corrected chi connectivity index (χ0v) is 13.8. The number of hydrogen-bond acceptors (Lipinski definition) is 5. The highest BCUT2D eigenvalue weighted by molar-refractivity contribution is 7.99. The van der Waals surface area contributed by atoms with E-state index in [9.17, 15) is 0 Å². The summed E-state index contributed by atoms with van der Waals surface area (Å²) in [6, 6.07) is 8.50. The Kier molecular flexibility index (Phi) is 3.53. The van der Waals surface area contributed by atoms with E-state index in [1.807, 2.05) is 30.9 Å². The maximum Gasteiger partial charge on any atom is 0.276 e. The second-order valence-electron chi connectivity index (χ2n) is 5.25. The number of thioether (sulfide) groups is 1. The zero-order valence-electron chi connectivity index (χ0n) is 13.0. The maximum atomic E-state index is 5.30. The standard InChI is InChI=1S/C17H16N4OS/c1-3-16-20-17(22-21-16)14-8-12-11-7-10(23-4-2)5-6-13(11)19-15(12)9-18-14/h5-9,19H,3-4H2,1-2H3. The number of nitrogens with zero attached hydrogens (tertiary/aromatic N) is 3. The first-order valence-corrected chi connectivity index (χ1v) is 8.64. The smallest absolute Gasteiger partial charge is 0.276 e. The quantitative estimate of drug-likeness (QED) is 0.562. The molecule has 0 saturated heterocycles. The third-order valence-electron chi connectivity index (χ3n) is 3.77. The van der Waals surface area contributed by atoms with Crippen LogP contribution in [-0.4, -0.2) is 25.9 Å². The molecule has 0 fully saturated rings. The number of hydrogen-bond donors (Lipinski definition) is 1. The van der Waals surface area contributed by atoms with E-state index in [2.05, 4.69) is 45.2 Å². The lowest BCUT2D eigenvalue weighted by molar-refractivity contribution is 0.422. The lowest BCUT2D eigenvalue weighted by atomic mass is 10.1. The van der Waals surface area contributed by atoms with Gasteiger partial charge >= 0.3 is 0 Å². The summed E-state index contributed by atoms with van der Waals surface area (Å²) in [5.74, 6) is 2.22. The van der Waals surface area contributed by atoms with Gasteiger partial charge in [-0.1, -0.05) is 19.0 Å². The third kappa shape index (κ3) is 2.49. The van der Waals surface area contributed by atoms with Crippen LogP contribution in [0.15, 0.2) is 39.9 Å². The lowest BCUT2D eigenvalue weighted by Crippen LogP contribution is -1.85. The van der Waals surface area contributed by atoms with Gasteiger partial charge in [0, 0.05) is 27.6 Å². The van der Waals surface area contributed by atoms with Crippen LogP contribution in [0.1, 0.15) is 19.7 Å². The van der Waals surface area contributed by atoms with Gasteiger partial charge in [-0.05, 0) is 30.0 Å². The minimum atomic E-state index is 0.470. The Morgan fingerprint density at radius 2 is 2.00 bits per heavy atom. The molecular formula is C17H16N4OS. The fraction of sp³-hybridized carbons (Fsp3) is 0.235. The van der Waals surface area contributed by atoms with E-state index in [4.69, 9.17) is 4.52 Å². The van der Waals surface area contributed by atoms with E-state index in [0.717, 1.165) is 28.6 Å². The molecule has 4 rings (SSSR count). The van der Waals surface area contributed by atoms with Gasteiger partial charge in [-0.3, -0.25) is 0 Å². The van der Waals surface area contributed by atoms with Gasteiger partial charge in [0.25, 0.3) is 5.89 Å². The topological polar surface area (TPSA) is 67.6 Å². The summed E-state index contributed by atoms with van der Waals surface area (Å²) >= 11 is 1.84. The van der Waals surface area contributed by atoms with Gasteiger partial charge in [-0.25, -0.2) is 4.98 Å². The number of pyridine rings is 1. The molecule has 0 amide bonds. The molecule has 0 atom stereocenters. The van der Waals surface area contributed by atoms with Crippen LogP contribution in [0.5, 0.6) is 0 Å². The van der Waals surface area contributed by atoms with Crippen LogP contribution in [0.2, 0.25) is 0 Å². The molecule has 0 aliphatic carbocycles. The Morgan fingerprint density at radius 3 is 2.78 bits per heavy atom. The molecule has 1 aromatic carbocycles. The van der Waals surface area contributed by atoms with Crippen LogP contribution in [0.25, 0.3) is 33.4 Å². The van der Waals surface area contributed by atoms with Crippen LogP contribution in [0.4, 0.5) is 0 Å². The van der Waals surface area contributed by atoms with Crippen LogP contribution >= 0.6 is 11.8 Å². The molecule has 6 heteroatoms. The SMILES string of the molecule is CCSc1ccc2[nH]c3cnc(-c4nc(CC)no4)cc3c2c1. The van der Waals surface area contributed by atoms with Crippen molar-refractivity contribution in [2.45, 2.75) is 25.2 Å². The van der Waals surface area contributed by atoms with Crippen molar-refractivity contribution >= 4 is 33.6 Å². The largest absolute Gasteiger partial charge is 0.353 e. The van der Waals surface area contributed by atoms with Gasteiger partial charge in [0.1, 0.15) is 5.69 Å². The molecule has 116 valence electrons. The summed E-state index contributed by atoms with van der Waals surface area (Å²) in [5, 5.41) is 6.26. The van der Waals surface area contributed by atoms with Crippen LogP contribution in [0, 0.1) is 0 Å². The van der Waals surface area contributed by atoms with E-state index in [0.29, 0.717) is 17.4 Å². The molecule has 0 saturated carbocycles. The molecule has 3 heterocycles. The van der Waals surface area contributed by atoms with E-state index in [1.165, 1.54) is 10.3 Å². The first-order valence-electron chi connectivity index (χ1n) is 7.65. The molecular weight excluding hydrogens is 308 g/mol. The summed E-state index contributed by atoms with van der Waals surface area (Å²) in [4.78, 5) is 13.5. The Balaban J connectivity index is 1.88. The monoisotopic (exact) mass is 324 g/mol. The van der Waals surface area contributed by atoms with Crippen molar-refractivity contribution in [1.82, 2.24) is 20.1 Å². The molecule has 23 heavy (non-hydrogen) atoms. The number of fused-ring (bicyclic) bond motifs is 3. The highest BCUT2D eigenvalue weighted by Crippen LogP contribution is 2.31. The minimum Gasteiger partial charge on any atom is -0.353 e. The van der Waals surface area contributed by atoms with Crippen molar-refractivity contribution < 1.29 is 4.52 Å². The van der Waals surface area contributed by atoms with E-state index < -0.39 is 0 Å².